The Morgan fingerprint density at radius 3 is 2.41 bits per heavy atom. The van der Waals surface area contributed by atoms with Crippen LogP contribution in [0.1, 0.15) is 33.8 Å². The second kappa shape index (κ2) is 6.55. The minimum absolute atomic E-state index is 0.708. The first-order chi connectivity index (χ1) is 14.0. The summed E-state index contributed by atoms with van der Waals surface area (Å²) in [7, 11) is 0. The van der Waals surface area contributed by atoms with Crippen LogP contribution in [0.15, 0.2) is 54.9 Å². The molecule has 5 nitrogen and oxygen atoms in total. The minimum atomic E-state index is 0.708. The monoisotopic (exact) mass is 381 g/mol. The highest BCUT2D eigenvalue weighted by Crippen LogP contribution is 2.30. The zero-order valence-electron chi connectivity index (χ0n) is 17.1. The third-order valence-corrected chi connectivity index (χ3v) is 5.83. The first-order valence-corrected chi connectivity index (χ1v) is 9.86. The molecule has 0 spiro atoms. The van der Waals surface area contributed by atoms with Crippen molar-refractivity contribution < 1.29 is 0 Å². The highest BCUT2D eigenvalue weighted by Gasteiger charge is 2.19. The maximum Gasteiger partial charge on any atom is 0.168 e. The molecule has 0 fully saturated rings. The summed E-state index contributed by atoms with van der Waals surface area (Å²) >= 11 is 0. The Labute approximate surface area is 169 Å². The number of nitrogens with zero attached hydrogens (tertiary/aromatic N) is 5. The van der Waals surface area contributed by atoms with Crippen molar-refractivity contribution in [1.82, 2.24) is 24.1 Å². The van der Waals surface area contributed by atoms with Gasteiger partial charge >= 0.3 is 0 Å². The van der Waals surface area contributed by atoms with Gasteiger partial charge in [0, 0.05) is 17.8 Å². The number of aromatic nitrogens is 5. The number of aryl methyl sites for hydroxylation is 3. The van der Waals surface area contributed by atoms with Crippen molar-refractivity contribution in [3.63, 3.8) is 0 Å². The van der Waals surface area contributed by atoms with Gasteiger partial charge < -0.3 is 0 Å². The van der Waals surface area contributed by atoms with Gasteiger partial charge in [-0.05, 0) is 62.1 Å². The van der Waals surface area contributed by atoms with E-state index >= 15 is 0 Å². The van der Waals surface area contributed by atoms with E-state index in [1.807, 2.05) is 18.2 Å². The van der Waals surface area contributed by atoms with Crippen LogP contribution in [-0.2, 0) is 6.42 Å². The van der Waals surface area contributed by atoms with Crippen LogP contribution in [-0.4, -0.2) is 24.1 Å². The smallest absolute Gasteiger partial charge is 0.168 e. The lowest BCUT2D eigenvalue weighted by Gasteiger charge is -2.10. The van der Waals surface area contributed by atoms with Crippen molar-refractivity contribution in [2.24, 2.45) is 0 Å². The average molecular weight is 381 g/mol. The van der Waals surface area contributed by atoms with Crippen molar-refractivity contribution in [2.45, 2.75) is 34.1 Å². The van der Waals surface area contributed by atoms with E-state index in [9.17, 15) is 0 Å². The Hall–Kier alpha value is -3.47. The topological polar surface area (TPSA) is 48.0 Å². The van der Waals surface area contributed by atoms with Gasteiger partial charge in [0.15, 0.2) is 17.1 Å². The van der Waals surface area contributed by atoms with Crippen LogP contribution in [0.25, 0.3) is 22.4 Å². The van der Waals surface area contributed by atoms with Crippen LogP contribution in [0, 0.1) is 27.7 Å². The molecule has 0 radical (unpaired) electrons. The average Bonchev–Trinajstić information content (AvgIpc) is 3.23. The molecule has 3 heterocycles. The van der Waals surface area contributed by atoms with Crippen molar-refractivity contribution >= 4 is 16.7 Å². The van der Waals surface area contributed by atoms with Crippen molar-refractivity contribution in [1.29, 1.82) is 0 Å². The second-order valence-corrected chi connectivity index (χ2v) is 7.72. The fourth-order valence-corrected chi connectivity index (χ4v) is 3.94. The highest BCUT2D eigenvalue weighted by molar-refractivity contribution is 5.95. The van der Waals surface area contributed by atoms with E-state index in [1.54, 1.807) is 10.8 Å². The minimum Gasteiger partial charge on any atom is -0.298 e. The fraction of sp³-hybridized carbons (Fsp3) is 0.208. The Kier molecular flexibility index (Phi) is 3.98. The Bertz CT molecular complexity index is 1360. The van der Waals surface area contributed by atoms with E-state index in [2.05, 4.69) is 67.7 Å². The van der Waals surface area contributed by atoms with E-state index in [0.29, 0.717) is 6.42 Å². The molecule has 2 aromatic carbocycles. The summed E-state index contributed by atoms with van der Waals surface area (Å²) in [6, 6.07) is 16.9. The zero-order chi connectivity index (χ0) is 20.1. The maximum absolute atomic E-state index is 4.88. The number of rotatable bonds is 3. The maximum atomic E-state index is 4.88. The summed E-state index contributed by atoms with van der Waals surface area (Å²) in [4.78, 5) is 9.64. The third-order valence-electron chi connectivity index (χ3n) is 5.83. The van der Waals surface area contributed by atoms with Crippen LogP contribution in [0.2, 0.25) is 0 Å². The molecule has 0 unspecified atom stereocenters. The predicted octanol–water partition coefficient (Wildman–Crippen LogP) is 4.89. The molecule has 5 heteroatoms. The Morgan fingerprint density at radius 1 is 0.862 bits per heavy atom. The molecule has 0 atom stereocenters. The van der Waals surface area contributed by atoms with Gasteiger partial charge in [-0.2, -0.15) is 0 Å². The van der Waals surface area contributed by atoms with Gasteiger partial charge in [0.05, 0.1) is 5.39 Å². The lowest BCUT2D eigenvalue weighted by Crippen LogP contribution is -2.00. The molecule has 144 valence electrons. The second-order valence-electron chi connectivity index (χ2n) is 7.72. The molecule has 0 amide bonds. The van der Waals surface area contributed by atoms with Crippen LogP contribution < -0.4 is 0 Å². The summed E-state index contributed by atoms with van der Waals surface area (Å²) in [5.74, 6) is 0.807. The summed E-state index contributed by atoms with van der Waals surface area (Å²) in [5, 5.41) is 5.74. The van der Waals surface area contributed by atoms with Crippen LogP contribution in [0.4, 0.5) is 0 Å². The van der Waals surface area contributed by atoms with E-state index in [0.717, 1.165) is 28.2 Å². The third kappa shape index (κ3) is 2.81. The molecule has 0 N–H and O–H groups in total. The molecule has 0 aliphatic heterocycles. The normalized spacial score (nSPS) is 11.6. The van der Waals surface area contributed by atoms with Gasteiger partial charge in [-0.25, -0.2) is 14.5 Å². The lowest BCUT2D eigenvalue weighted by molar-refractivity contribution is 0.879. The molecule has 5 rings (SSSR count). The van der Waals surface area contributed by atoms with Gasteiger partial charge in [0.2, 0.25) is 0 Å². The summed E-state index contributed by atoms with van der Waals surface area (Å²) in [6.07, 6.45) is 2.48. The van der Waals surface area contributed by atoms with E-state index in [4.69, 9.17) is 9.97 Å². The quantitative estimate of drug-likeness (QED) is 0.447. The molecule has 3 aromatic heterocycles. The van der Waals surface area contributed by atoms with Gasteiger partial charge in [0.25, 0.3) is 0 Å². The largest absolute Gasteiger partial charge is 0.298 e. The number of hydrogen-bond donors (Lipinski definition) is 0. The van der Waals surface area contributed by atoms with Crippen molar-refractivity contribution in [3.8, 4) is 5.69 Å². The zero-order valence-corrected chi connectivity index (χ0v) is 17.1. The number of hydrogen-bond acceptors (Lipinski definition) is 3. The predicted molar refractivity (Wildman–Crippen MR) is 116 cm³/mol. The van der Waals surface area contributed by atoms with Gasteiger partial charge in [-0.1, -0.05) is 36.4 Å². The summed E-state index contributed by atoms with van der Waals surface area (Å²) < 4.78 is 4.03. The summed E-state index contributed by atoms with van der Waals surface area (Å²) in [6.45, 7) is 8.57. The summed E-state index contributed by atoms with van der Waals surface area (Å²) in [5.41, 5.74) is 9.05. The van der Waals surface area contributed by atoms with Crippen molar-refractivity contribution in [3.05, 3.63) is 88.6 Å². The van der Waals surface area contributed by atoms with E-state index in [-0.39, 0.29) is 0 Å². The first kappa shape index (κ1) is 17.6. The fourth-order valence-electron chi connectivity index (χ4n) is 3.94. The molecular formula is C24H23N5. The highest BCUT2D eigenvalue weighted by atomic mass is 15.3. The van der Waals surface area contributed by atoms with Gasteiger partial charge in [0.1, 0.15) is 6.33 Å². The molecule has 0 aliphatic rings. The first-order valence-electron chi connectivity index (χ1n) is 9.86. The lowest BCUT2D eigenvalue weighted by atomic mass is 10.1. The van der Waals surface area contributed by atoms with E-state index in [1.165, 1.54) is 27.9 Å². The van der Waals surface area contributed by atoms with Crippen molar-refractivity contribution in [2.75, 3.05) is 0 Å². The van der Waals surface area contributed by atoms with Crippen LogP contribution in [0.5, 0.6) is 0 Å². The van der Waals surface area contributed by atoms with Gasteiger partial charge in [-0.3, -0.25) is 4.57 Å². The molecule has 5 aromatic rings. The van der Waals surface area contributed by atoms with Crippen LogP contribution >= 0.6 is 0 Å². The molecule has 29 heavy (non-hydrogen) atoms. The van der Waals surface area contributed by atoms with E-state index < -0.39 is 0 Å². The molecule has 0 saturated heterocycles. The van der Waals surface area contributed by atoms with Gasteiger partial charge in [-0.15, -0.1) is 5.10 Å². The number of fused-ring (bicyclic) bond motifs is 3. The SMILES string of the molecule is Cc1ccc(-n2c(C)c(C)c3c2ncn2nc(Cc4ccccc4)nc32)cc1C. The molecular weight excluding hydrogens is 358 g/mol. The Balaban J connectivity index is 1.70. The van der Waals surface area contributed by atoms with Crippen LogP contribution in [0.3, 0.4) is 0 Å². The molecule has 0 saturated carbocycles. The number of benzene rings is 2. The molecule has 0 aliphatic carbocycles. The Morgan fingerprint density at radius 2 is 1.66 bits per heavy atom. The standard InChI is InChI=1S/C24H23N5/c1-15-10-11-20(12-16(15)2)29-18(4)17(3)22-23(29)25-14-28-24(22)26-21(27-28)13-19-8-6-5-7-9-19/h5-12,14H,13H2,1-4H3. The molecule has 0 bridgehead atoms.